The monoisotopic (exact) mass is 420 g/mol. The van der Waals surface area contributed by atoms with E-state index in [4.69, 9.17) is 0 Å². The first-order valence-electron chi connectivity index (χ1n) is 10.1. The largest absolute Gasteiger partial charge is 0.478 e. The molecule has 0 saturated heterocycles. The number of hydrogen-bond donors (Lipinski definition) is 1. The number of hydrogen-bond acceptors (Lipinski definition) is 2. The SMILES string of the molecule is Cc1cccc(-c2cccc(-c3cc4ccc(-c5ccccc5C(=O)O)cc4s3)c2)c1. The van der Waals surface area contributed by atoms with E-state index in [-0.39, 0.29) is 0 Å². The van der Waals surface area contributed by atoms with E-state index in [1.807, 2.05) is 18.2 Å². The molecule has 2 nitrogen and oxygen atoms in total. The summed E-state index contributed by atoms with van der Waals surface area (Å²) >= 11 is 1.73. The van der Waals surface area contributed by atoms with Gasteiger partial charge in [-0.1, -0.05) is 78.4 Å². The van der Waals surface area contributed by atoms with Crippen molar-refractivity contribution in [3.8, 4) is 32.7 Å². The van der Waals surface area contributed by atoms with Crippen molar-refractivity contribution in [1.29, 1.82) is 0 Å². The molecule has 0 saturated carbocycles. The average Bonchev–Trinajstić information content (AvgIpc) is 3.23. The van der Waals surface area contributed by atoms with Crippen molar-refractivity contribution in [1.82, 2.24) is 0 Å². The van der Waals surface area contributed by atoms with E-state index >= 15 is 0 Å². The number of rotatable bonds is 4. The van der Waals surface area contributed by atoms with E-state index < -0.39 is 5.97 Å². The Morgan fingerprint density at radius 3 is 2.26 bits per heavy atom. The smallest absolute Gasteiger partial charge is 0.336 e. The Morgan fingerprint density at radius 1 is 0.710 bits per heavy atom. The molecule has 0 atom stereocenters. The number of benzene rings is 4. The van der Waals surface area contributed by atoms with Crippen molar-refractivity contribution < 1.29 is 9.90 Å². The molecule has 3 heteroatoms. The molecule has 4 aromatic carbocycles. The van der Waals surface area contributed by atoms with Crippen LogP contribution in [0.25, 0.3) is 42.8 Å². The third-order valence-corrected chi connectivity index (χ3v) is 6.63. The maximum atomic E-state index is 11.6. The van der Waals surface area contributed by atoms with Crippen LogP contribution in [0.15, 0.2) is 97.1 Å². The van der Waals surface area contributed by atoms with Crippen molar-refractivity contribution in [2.45, 2.75) is 6.92 Å². The zero-order valence-corrected chi connectivity index (χ0v) is 17.8. The molecule has 5 rings (SSSR count). The summed E-state index contributed by atoms with van der Waals surface area (Å²) in [5, 5.41) is 10.7. The molecule has 150 valence electrons. The molecule has 0 aliphatic heterocycles. The van der Waals surface area contributed by atoms with Crippen molar-refractivity contribution in [2.75, 3.05) is 0 Å². The lowest BCUT2D eigenvalue weighted by atomic mass is 9.99. The molecule has 0 amide bonds. The van der Waals surface area contributed by atoms with Crippen LogP contribution in [0.2, 0.25) is 0 Å². The van der Waals surface area contributed by atoms with E-state index in [0.717, 1.165) is 21.2 Å². The second kappa shape index (κ2) is 7.86. The third kappa shape index (κ3) is 3.76. The number of fused-ring (bicyclic) bond motifs is 1. The summed E-state index contributed by atoms with van der Waals surface area (Å²) in [6, 6.07) is 32.7. The van der Waals surface area contributed by atoms with Gasteiger partial charge in [-0.25, -0.2) is 4.79 Å². The van der Waals surface area contributed by atoms with Gasteiger partial charge in [0.25, 0.3) is 0 Å². The average molecular weight is 421 g/mol. The number of carbonyl (C=O) groups is 1. The van der Waals surface area contributed by atoms with E-state index in [1.165, 1.54) is 27.1 Å². The lowest BCUT2D eigenvalue weighted by Gasteiger charge is -2.06. The Morgan fingerprint density at radius 2 is 1.45 bits per heavy atom. The lowest BCUT2D eigenvalue weighted by molar-refractivity contribution is 0.0697. The summed E-state index contributed by atoms with van der Waals surface area (Å²) in [6.45, 7) is 2.11. The normalized spacial score (nSPS) is 11.0. The van der Waals surface area contributed by atoms with E-state index in [1.54, 1.807) is 23.5 Å². The Balaban J connectivity index is 1.56. The van der Waals surface area contributed by atoms with Crippen molar-refractivity contribution >= 4 is 27.4 Å². The Kier molecular flexibility index (Phi) is 4.89. The van der Waals surface area contributed by atoms with Gasteiger partial charge in [-0.3, -0.25) is 0 Å². The first-order valence-corrected chi connectivity index (χ1v) is 10.9. The highest BCUT2D eigenvalue weighted by Gasteiger charge is 2.12. The highest BCUT2D eigenvalue weighted by molar-refractivity contribution is 7.22. The predicted octanol–water partition coefficient (Wildman–Crippen LogP) is 7.91. The van der Waals surface area contributed by atoms with Crippen molar-refractivity contribution in [3.05, 3.63) is 108 Å². The van der Waals surface area contributed by atoms with Gasteiger partial charge < -0.3 is 5.11 Å². The first kappa shape index (κ1) is 19.3. The second-order valence-electron chi connectivity index (χ2n) is 7.66. The van der Waals surface area contributed by atoms with E-state index in [0.29, 0.717) is 5.56 Å². The summed E-state index contributed by atoms with van der Waals surface area (Å²) in [5.74, 6) is -0.907. The van der Waals surface area contributed by atoms with Crippen LogP contribution in [0.3, 0.4) is 0 Å². The molecule has 0 fully saturated rings. The van der Waals surface area contributed by atoms with Crippen LogP contribution in [0.4, 0.5) is 0 Å². The van der Waals surface area contributed by atoms with Gasteiger partial charge in [-0.15, -0.1) is 11.3 Å². The molecular formula is C28H20O2S. The van der Waals surface area contributed by atoms with Gasteiger partial charge in [-0.05, 0) is 64.4 Å². The highest BCUT2D eigenvalue weighted by atomic mass is 32.1. The minimum absolute atomic E-state index is 0.324. The molecule has 0 bridgehead atoms. The fourth-order valence-corrected chi connectivity index (χ4v) is 5.04. The topological polar surface area (TPSA) is 37.3 Å². The third-order valence-electron chi connectivity index (χ3n) is 5.49. The van der Waals surface area contributed by atoms with Crippen LogP contribution < -0.4 is 0 Å². The van der Waals surface area contributed by atoms with E-state index in [9.17, 15) is 9.90 Å². The van der Waals surface area contributed by atoms with Gasteiger partial charge >= 0.3 is 5.97 Å². The maximum Gasteiger partial charge on any atom is 0.336 e. The number of carboxylic acid groups (broad SMARTS) is 1. The minimum atomic E-state index is -0.907. The fourth-order valence-electron chi connectivity index (χ4n) is 3.94. The summed E-state index contributed by atoms with van der Waals surface area (Å²) < 4.78 is 1.15. The summed E-state index contributed by atoms with van der Waals surface area (Å²) in [4.78, 5) is 12.8. The zero-order chi connectivity index (χ0) is 21.4. The minimum Gasteiger partial charge on any atom is -0.478 e. The lowest BCUT2D eigenvalue weighted by Crippen LogP contribution is -1.98. The van der Waals surface area contributed by atoms with Crippen LogP contribution in [0.5, 0.6) is 0 Å². The Hall–Kier alpha value is -3.69. The number of aryl methyl sites for hydroxylation is 1. The Labute approximate surface area is 185 Å². The van der Waals surface area contributed by atoms with Crippen LogP contribution in [-0.2, 0) is 0 Å². The highest BCUT2D eigenvalue weighted by Crippen LogP contribution is 2.37. The van der Waals surface area contributed by atoms with E-state index in [2.05, 4.69) is 73.7 Å². The maximum absolute atomic E-state index is 11.6. The molecular weight excluding hydrogens is 400 g/mol. The molecule has 1 heterocycles. The van der Waals surface area contributed by atoms with Crippen LogP contribution >= 0.6 is 11.3 Å². The second-order valence-corrected chi connectivity index (χ2v) is 8.75. The van der Waals surface area contributed by atoms with Gasteiger partial charge in [0.15, 0.2) is 0 Å². The van der Waals surface area contributed by atoms with Crippen LogP contribution in [-0.4, -0.2) is 11.1 Å². The summed E-state index contributed by atoms with van der Waals surface area (Å²) in [6.07, 6.45) is 0. The molecule has 1 aromatic heterocycles. The van der Waals surface area contributed by atoms with Crippen molar-refractivity contribution in [2.24, 2.45) is 0 Å². The molecule has 5 aromatic rings. The van der Waals surface area contributed by atoms with Crippen LogP contribution in [0.1, 0.15) is 15.9 Å². The fraction of sp³-hybridized carbons (Fsp3) is 0.0357. The standard InChI is InChI=1S/C28H20O2S/c1-18-6-4-7-19(14-18)20-8-5-9-22(15-20)27-17-23-13-12-21(16-26(23)31-27)24-10-2-3-11-25(24)28(29)30/h2-17H,1H3,(H,29,30). The van der Waals surface area contributed by atoms with Gasteiger partial charge in [-0.2, -0.15) is 0 Å². The number of thiophene rings is 1. The van der Waals surface area contributed by atoms with Gasteiger partial charge in [0.05, 0.1) is 5.56 Å². The quantitative estimate of drug-likeness (QED) is 0.321. The molecule has 0 radical (unpaired) electrons. The number of carboxylic acids is 1. The summed E-state index contributed by atoms with van der Waals surface area (Å²) in [5.41, 5.74) is 6.85. The summed E-state index contributed by atoms with van der Waals surface area (Å²) in [7, 11) is 0. The van der Waals surface area contributed by atoms with Gasteiger partial charge in [0.1, 0.15) is 0 Å². The molecule has 0 spiro atoms. The first-order chi connectivity index (χ1) is 15.1. The van der Waals surface area contributed by atoms with Crippen LogP contribution in [0, 0.1) is 6.92 Å². The molecule has 0 unspecified atom stereocenters. The number of aromatic carboxylic acids is 1. The predicted molar refractivity (Wildman–Crippen MR) is 130 cm³/mol. The molecule has 0 aliphatic rings. The molecule has 0 aliphatic carbocycles. The molecule has 1 N–H and O–H groups in total. The zero-order valence-electron chi connectivity index (χ0n) is 17.0. The van der Waals surface area contributed by atoms with Crippen molar-refractivity contribution in [3.63, 3.8) is 0 Å². The van der Waals surface area contributed by atoms with Gasteiger partial charge in [0.2, 0.25) is 0 Å². The Bertz CT molecular complexity index is 1430. The molecule has 31 heavy (non-hydrogen) atoms. The van der Waals surface area contributed by atoms with Gasteiger partial charge in [0, 0.05) is 9.58 Å².